The summed E-state index contributed by atoms with van der Waals surface area (Å²) in [6.45, 7) is 7.83. The predicted octanol–water partition coefficient (Wildman–Crippen LogP) is 3.29. The van der Waals surface area contributed by atoms with E-state index in [1.165, 1.54) is 0 Å². The van der Waals surface area contributed by atoms with Gasteiger partial charge >= 0.3 is 5.97 Å². The van der Waals surface area contributed by atoms with Crippen molar-refractivity contribution >= 4 is 5.97 Å². The summed E-state index contributed by atoms with van der Waals surface area (Å²) in [6.07, 6.45) is -0.0296. The minimum atomic E-state index is -0.946. The van der Waals surface area contributed by atoms with Crippen molar-refractivity contribution in [1.82, 2.24) is 0 Å². The number of hydrogen-bond acceptors (Lipinski definition) is 2. The molecule has 1 radical (unpaired) electrons. The van der Waals surface area contributed by atoms with E-state index < -0.39 is 5.97 Å². The van der Waals surface area contributed by atoms with Crippen molar-refractivity contribution in [2.75, 3.05) is 0 Å². The Morgan fingerprint density at radius 1 is 1.24 bits per heavy atom. The summed E-state index contributed by atoms with van der Waals surface area (Å²) >= 11 is 0. The molecule has 0 heterocycles. The van der Waals surface area contributed by atoms with Crippen LogP contribution in [0.5, 0.6) is 5.75 Å². The normalized spacial score (nSPS) is 10.2. The first-order valence-corrected chi connectivity index (χ1v) is 5.46. The predicted molar refractivity (Wildman–Crippen MR) is 63.3 cm³/mol. The summed E-state index contributed by atoms with van der Waals surface area (Å²) in [6, 6.07) is 5.24. The molecule has 0 aliphatic carbocycles. The molecule has 1 aromatic carbocycles. The molecule has 0 atom stereocenters. The molecular weight excluding hydrogens is 268 g/mol. The Morgan fingerprint density at radius 3 is 2.24 bits per heavy atom. The maximum atomic E-state index is 11.1. The van der Waals surface area contributed by atoms with Crippen LogP contribution in [-0.4, -0.2) is 17.2 Å². The summed E-state index contributed by atoms with van der Waals surface area (Å²) in [4.78, 5) is 11.1. The summed E-state index contributed by atoms with van der Waals surface area (Å²) in [5.41, 5.74) is 1.17. The number of carbonyl (C=O) groups is 1. The van der Waals surface area contributed by atoms with Crippen LogP contribution in [0.25, 0.3) is 0 Å². The van der Waals surface area contributed by atoms with Crippen molar-refractivity contribution in [2.24, 2.45) is 0 Å². The van der Waals surface area contributed by atoms with Crippen LogP contribution in [0.1, 0.15) is 49.5 Å². The van der Waals surface area contributed by atoms with Gasteiger partial charge in [-0.25, -0.2) is 4.79 Å². The zero-order valence-electron chi connectivity index (χ0n) is 10.5. The van der Waals surface area contributed by atoms with Gasteiger partial charge in [-0.3, -0.25) is 0 Å². The second-order valence-electron chi connectivity index (χ2n) is 4.35. The van der Waals surface area contributed by atoms with Gasteiger partial charge < -0.3 is 9.84 Å². The largest absolute Gasteiger partial charge is 0.490 e. The van der Waals surface area contributed by atoms with Crippen LogP contribution in [0, 0.1) is 0 Å². The topological polar surface area (TPSA) is 46.5 Å². The Labute approximate surface area is 113 Å². The number of ether oxygens (including phenoxy) is 1. The molecule has 0 aromatic heterocycles. The number of hydrogen-bond donors (Lipinski definition) is 1. The van der Waals surface area contributed by atoms with E-state index in [0.717, 1.165) is 5.56 Å². The molecular formula is C13H18CuO3. The van der Waals surface area contributed by atoms with Crippen LogP contribution < -0.4 is 4.74 Å². The first-order valence-electron chi connectivity index (χ1n) is 5.46. The monoisotopic (exact) mass is 285 g/mol. The van der Waals surface area contributed by atoms with Gasteiger partial charge in [0.2, 0.25) is 0 Å². The molecule has 0 bridgehead atoms. The SMILES string of the molecule is CC(C)Oc1c(C(=O)O)cccc1C(C)C.[Cu]. The molecule has 0 unspecified atom stereocenters. The molecule has 4 heteroatoms. The summed E-state index contributed by atoms with van der Waals surface area (Å²) in [7, 11) is 0. The van der Waals surface area contributed by atoms with Crippen molar-refractivity contribution in [2.45, 2.75) is 39.7 Å². The zero-order chi connectivity index (χ0) is 12.3. The molecule has 0 saturated heterocycles. The van der Waals surface area contributed by atoms with Gasteiger partial charge in [-0.05, 0) is 31.4 Å². The fraction of sp³-hybridized carbons (Fsp3) is 0.462. The average Bonchev–Trinajstić information content (AvgIpc) is 2.16. The van der Waals surface area contributed by atoms with Gasteiger partial charge in [0.25, 0.3) is 0 Å². The number of carboxylic acids is 1. The average molecular weight is 286 g/mol. The van der Waals surface area contributed by atoms with Gasteiger partial charge in [-0.2, -0.15) is 0 Å². The number of benzene rings is 1. The van der Waals surface area contributed by atoms with Crippen LogP contribution >= 0.6 is 0 Å². The van der Waals surface area contributed by atoms with Crippen molar-refractivity contribution in [3.05, 3.63) is 29.3 Å². The Hall–Kier alpha value is -0.991. The van der Waals surface area contributed by atoms with Crippen molar-refractivity contribution in [3.63, 3.8) is 0 Å². The molecule has 0 amide bonds. The van der Waals surface area contributed by atoms with Crippen molar-refractivity contribution < 1.29 is 31.7 Å². The number of rotatable bonds is 4. The quantitative estimate of drug-likeness (QED) is 0.864. The first-order chi connectivity index (χ1) is 7.43. The molecule has 0 spiro atoms. The Kier molecular flexibility index (Phi) is 6.29. The second-order valence-corrected chi connectivity index (χ2v) is 4.35. The van der Waals surface area contributed by atoms with Gasteiger partial charge in [0, 0.05) is 17.1 Å². The standard InChI is InChI=1S/C13H18O3.Cu/c1-8(2)10-6-5-7-11(13(14)15)12(10)16-9(3)4;/h5-9H,1-4H3,(H,14,15);. The minimum absolute atomic E-state index is 0. The summed E-state index contributed by atoms with van der Waals surface area (Å²) in [5, 5.41) is 9.10. The van der Waals surface area contributed by atoms with Crippen LogP contribution in [0.2, 0.25) is 0 Å². The van der Waals surface area contributed by atoms with E-state index in [4.69, 9.17) is 9.84 Å². The molecule has 99 valence electrons. The molecule has 17 heavy (non-hydrogen) atoms. The Morgan fingerprint density at radius 2 is 1.82 bits per heavy atom. The minimum Gasteiger partial charge on any atom is -0.490 e. The van der Waals surface area contributed by atoms with E-state index in [0.29, 0.717) is 5.75 Å². The van der Waals surface area contributed by atoms with E-state index in [9.17, 15) is 4.79 Å². The van der Waals surface area contributed by atoms with Crippen LogP contribution in [0.3, 0.4) is 0 Å². The smallest absolute Gasteiger partial charge is 0.339 e. The molecule has 0 aliphatic rings. The van der Waals surface area contributed by atoms with E-state index >= 15 is 0 Å². The van der Waals surface area contributed by atoms with Gasteiger partial charge in [-0.15, -0.1) is 0 Å². The van der Waals surface area contributed by atoms with Crippen molar-refractivity contribution in [1.29, 1.82) is 0 Å². The van der Waals surface area contributed by atoms with E-state index in [-0.39, 0.29) is 34.7 Å². The fourth-order valence-electron chi connectivity index (χ4n) is 1.55. The maximum absolute atomic E-state index is 11.1. The molecule has 0 saturated carbocycles. The zero-order valence-corrected chi connectivity index (χ0v) is 11.4. The number of para-hydroxylation sites is 1. The van der Waals surface area contributed by atoms with E-state index in [2.05, 4.69) is 0 Å². The number of aromatic carboxylic acids is 1. The van der Waals surface area contributed by atoms with E-state index in [1.54, 1.807) is 12.1 Å². The first kappa shape index (κ1) is 16.0. The molecule has 3 nitrogen and oxygen atoms in total. The fourth-order valence-corrected chi connectivity index (χ4v) is 1.55. The summed E-state index contributed by atoms with van der Waals surface area (Å²) in [5.74, 6) is -0.203. The molecule has 1 rings (SSSR count). The molecule has 1 aromatic rings. The third-order valence-corrected chi connectivity index (χ3v) is 2.25. The summed E-state index contributed by atoms with van der Waals surface area (Å²) < 4.78 is 5.62. The molecule has 0 fully saturated rings. The maximum Gasteiger partial charge on any atom is 0.339 e. The van der Waals surface area contributed by atoms with Gasteiger partial charge in [0.1, 0.15) is 11.3 Å². The third kappa shape index (κ3) is 4.06. The van der Waals surface area contributed by atoms with Crippen LogP contribution in [0.4, 0.5) is 0 Å². The molecule has 1 N–H and O–H groups in total. The number of carboxylic acid groups (broad SMARTS) is 1. The third-order valence-electron chi connectivity index (χ3n) is 2.25. The van der Waals surface area contributed by atoms with Crippen molar-refractivity contribution in [3.8, 4) is 5.75 Å². The Bertz CT molecular complexity index is 386. The van der Waals surface area contributed by atoms with Gasteiger partial charge in [0.15, 0.2) is 0 Å². The van der Waals surface area contributed by atoms with Gasteiger partial charge in [-0.1, -0.05) is 26.0 Å². The van der Waals surface area contributed by atoms with Crippen LogP contribution in [0.15, 0.2) is 18.2 Å². The second kappa shape index (κ2) is 6.67. The van der Waals surface area contributed by atoms with Gasteiger partial charge in [0.05, 0.1) is 6.10 Å². The van der Waals surface area contributed by atoms with E-state index in [1.807, 2.05) is 33.8 Å². The Balaban J connectivity index is 0.00000256. The molecule has 0 aliphatic heterocycles. The van der Waals surface area contributed by atoms with Crippen LogP contribution in [-0.2, 0) is 17.1 Å².